The van der Waals surface area contributed by atoms with Crippen LogP contribution in [0.4, 0.5) is 5.69 Å². The molecule has 1 aliphatic heterocycles. The summed E-state index contributed by atoms with van der Waals surface area (Å²) in [7, 11) is 0. The summed E-state index contributed by atoms with van der Waals surface area (Å²) in [5, 5.41) is 0. The average molecular weight is 229 g/mol. The van der Waals surface area contributed by atoms with E-state index in [1.165, 1.54) is 5.56 Å². The number of hydrogen-bond acceptors (Lipinski definition) is 1. The number of rotatable bonds is 1. The maximum absolute atomic E-state index is 12.5. The van der Waals surface area contributed by atoms with Gasteiger partial charge in [-0.05, 0) is 43.7 Å². The van der Waals surface area contributed by atoms with E-state index in [1.54, 1.807) is 0 Å². The first kappa shape index (κ1) is 10.8. The van der Waals surface area contributed by atoms with Crippen LogP contribution in [0.15, 0.2) is 24.3 Å². The molecule has 3 rings (SSSR count). The SMILES string of the molecule is CC1CC1C(=O)N1c2ccccc2CCC1C. The Labute approximate surface area is 103 Å². The van der Waals surface area contributed by atoms with Gasteiger partial charge in [0.2, 0.25) is 5.91 Å². The van der Waals surface area contributed by atoms with Crippen molar-refractivity contribution < 1.29 is 4.79 Å². The zero-order valence-corrected chi connectivity index (χ0v) is 10.5. The fraction of sp³-hybridized carbons (Fsp3) is 0.533. The topological polar surface area (TPSA) is 20.3 Å². The molecule has 1 aromatic rings. The van der Waals surface area contributed by atoms with Crippen LogP contribution in [0.2, 0.25) is 0 Å². The summed E-state index contributed by atoms with van der Waals surface area (Å²) in [4.78, 5) is 14.5. The number of aryl methyl sites for hydroxylation is 1. The van der Waals surface area contributed by atoms with E-state index >= 15 is 0 Å². The van der Waals surface area contributed by atoms with Crippen molar-refractivity contribution in [2.45, 2.75) is 39.2 Å². The Balaban J connectivity index is 1.95. The number of nitrogens with zero attached hydrogens (tertiary/aromatic N) is 1. The molecule has 17 heavy (non-hydrogen) atoms. The number of anilines is 1. The fourth-order valence-corrected chi connectivity index (χ4v) is 2.87. The highest BCUT2D eigenvalue weighted by molar-refractivity contribution is 5.98. The van der Waals surface area contributed by atoms with Crippen molar-refractivity contribution >= 4 is 11.6 Å². The molecule has 0 saturated heterocycles. The van der Waals surface area contributed by atoms with Gasteiger partial charge in [-0.15, -0.1) is 0 Å². The maximum atomic E-state index is 12.5. The van der Waals surface area contributed by atoms with E-state index in [9.17, 15) is 4.79 Å². The van der Waals surface area contributed by atoms with E-state index in [-0.39, 0.29) is 5.92 Å². The Kier molecular flexibility index (Phi) is 2.46. The van der Waals surface area contributed by atoms with E-state index in [0.717, 1.165) is 24.9 Å². The van der Waals surface area contributed by atoms with Crippen molar-refractivity contribution in [3.05, 3.63) is 29.8 Å². The van der Waals surface area contributed by atoms with Crippen LogP contribution in [-0.4, -0.2) is 11.9 Å². The summed E-state index contributed by atoms with van der Waals surface area (Å²) in [6.45, 7) is 4.34. The quantitative estimate of drug-likeness (QED) is 0.725. The summed E-state index contributed by atoms with van der Waals surface area (Å²) in [5.41, 5.74) is 2.47. The van der Waals surface area contributed by atoms with Gasteiger partial charge in [-0.1, -0.05) is 25.1 Å². The monoisotopic (exact) mass is 229 g/mol. The zero-order valence-electron chi connectivity index (χ0n) is 10.5. The minimum absolute atomic E-state index is 0.281. The average Bonchev–Trinajstić information content (AvgIpc) is 3.06. The Morgan fingerprint density at radius 2 is 2.00 bits per heavy atom. The number of fused-ring (bicyclic) bond motifs is 1. The summed E-state index contributed by atoms with van der Waals surface area (Å²) in [6.07, 6.45) is 3.26. The van der Waals surface area contributed by atoms with Gasteiger partial charge >= 0.3 is 0 Å². The van der Waals surface area contributed by atoms with E-state index in [1.807, 2.05) is 11.0 Å². The van der Waals surface area contributed by atoms with Gasteiger partial charge in [0.25, 0.3) is 0 Å². The van der Waals surface area contributed by atoms with Gasteiger partial charge in [0.15, 0.2) is 0 Å². The number of hydrogen-bond donors (Lipinski definition) is 0. The fourth-order valence-electron chi connectivity index (χ4n) is 2.87. The molecule has 1 aromatic carbocycles. The van der Waals surface area contributed by atoms with Crippen molar-refractivity contribution in [2.75, 3.05) is 4.90 Å². The van der Waals surface area contributed by atoms with Gasteiger partial charge in [0.05, 0.1) is 0 Å². The van der Waals surface area contributed by atoms with Crippen molar-refractivity contribution in [2.24, 2.45) is 11.8 Å². The molecule has 1 heterocycles. The van der Waals surface area contributed by atoms with Gasteiger partial charge in [0.1, 0.15) is 0 Å². The molecule has 3 atom stereocenters. The third kappa shape index (κ3) is 1.76. The molecule has 2 heteroatoms. The largest absolute Gasteiger partial charge is 0.309 e. The maximum Gasteiger partial charge on any atom is 0.230 e. The summed E-state index contributed by atoms with van der Waals surface area (Å²) in [6, 6.07) is 8.70. The molecule has 1 amide bonds. The predicted molar refractivity (Wildman–Crippen MR) is 69.0 cm³/mol. The van der Waals surface area contributed by atoms with E-state index < -0.39 is 0 Å². The summed E-state index contributed by atoms with van der Waals surface area (Å²) >= 11 is 0. The molecule has 3 unspecified atom stereocenters. The molecule has 1 fully saturated rings. The van der Waals surface area contributed by atoms with Gasteiger partial charge in [-0.25, -0.2) is 0 Å². The summed E-state index contributed by atoms with van der Waals surface area (Å²) < 4.78 is 0. The molecule has 0 radical (unpaired) electrons. The minimum Gasteiger partial charge on any atom is -0.309 e. The van der Waals surface area contributed by atoms with Gasteiger partial charge in [-0.3, -0.25) is 4.79 Å². The molecule has 2 aliphatic rings. The smallest absolute Gasteiger partial charge is 0.230 e. The number of carbonyl (C=O) groups excluding carboxylic acids is 1. The van der Waals surface area contributed by atoms with Crippen molar-refractivity contribution in [3.63, 3.8) is 0 Å². The highest BCUT2D eigenvalue weighted by atomic mass is 16.2. The highest BCUT2D eigenvalue weighted by Crippen LogP contribution is 2.42. The lowest BCUT2D eigenvalue weighted by Gasteiger charge is -2.35. The second-order valence-corrected chi connectivity index (χ2v) is 5.54. The molecular weight excluding hydrogens is 210 g/mol. The van der Waals surface area contributed by atoms with E-state index in [0.29, 0.717) is 17.9 Å². The second kappa shape index (κ2) is 3.86. The van der Waals surface area contributed by atoms with Crippen LogP contribution >= 0.6 is 0 Å². The van der Waals surface area contributed by atoms with Crippen molar-refractivity contribution in [1.82, 2.24) is 0 Å². The molecule has 0 N–H and O–H groups in total. The van der Waals surface area contributed by atoms with Crippen LogP contribution in [0, 0.1) is 11.8 Å². The second-order valence-electron chi connectivity index (χ2n) is 5.54. The molecule has 1 aliphatic carbocycles. The number of carbonyl (C=O) groups is 1. The Morgan fingerprint density at radius 1 is 1.29 bits per heavy atom. The molecule has 1 saturated carbocycles. The normalized spacial score (nSPS) is 30.9. The Morgan fingerprint density at radius 3 is 2.71 bits per heavy atom. The van der Waals surface area contributed by atoms with Crippen LogP contribution in [0.5, 0.6) is 0 Å². The van der Waals surface area contributed by atoms with Crippen molar-refractivity contribution in [3.8, 4) is 0 Å². The zero-order chi connectivity index (χ0) is 12.0. The Hall–Kier alpha value is -1.31. The summed E-state index contributed by atoms with van der Waals surface area (Å²) in [5.74, 6) is 1.21. The predicted octanol–water partition coefficient (Wildman–Crippen LogP) is 3.01. The first-order chi connectivity index (χ1) is 8.18. The number of para-hydroxylation sites is 1. The molecular formula is C15H19NO. The Bertz CT molecular complexity index is 454. The molecule has 0 bridgehead atoms. The molecule has 90 valence electrons. The first-order valence-corrected chi connectivity index (χ1v) is 6.59. The van der Waals surface area contributed by atoms with Crippen molar-refractivity contribution in [1.29, 1.82) is 0 Å². The third-order valence-electron chi connectivity index (χ3n) is 4.19. The number of benzene rings is 1. The third-order valence-corrected chi connectivity index (χ3v) is 4.19. The van der Waals surface area contributed by atoms with Crippen LogP contribution in [0.25, 0.3) is 0 Å². The highest BCUT2D eigenvalue weighted by Gasteiger charge is 2.43. The van der Waals surface area contributed by atoms with Crippen LogP contribution < -0.4 is 4.90 Å². The van der Waals surface area contributed by atoms with Gasteiger partial charge < -0.3 is 4.90 Å². The standard InChI is InChI=1S/C15H19NO/c1-10-9-13(10)15(17)16-11(2)7-8-12-5-3-4-6-14(12)16/h3-6,10-11,13H,7-9H2,1-2H3. The number of amides is 1. The van der Waals surface area contributed by atoms with Crippen LogP contribution in [0.3, 0.4) is 0 Å². The lowest BCUT2D eigenvalue weighted by Crippen LogP contribution is -2.43. The molecule has 2 nitrogen and oxygen atoms in total. The minimum atomic E-state index is 0.281. The molecule has 0 spiro atoms. The lowest BCUT2D eigenvalue weighted by molar-refractivity contribution is -0.120. The van der Waals surface area contributed by atoms with E-state index in [2.05, 4.69) is 32.0 Å². The first-order valence-electron chi connectivity index (χ1n) is 6.59. The van der Waals surface area contributed by atoms with Crippen LogP contribution in [-0.2, 0) is 11.2 Å². The van der Waals surface area contributed by atoms with Gasteiger partial charge in [0, 0.05) is 17.6 Å². The lowest BCUT2D eigenvalue weighted by atomic mass is 9.96. The molecule has 0 aromatic heterocycles. The van der Waals surface area contributed by atoms with Gasteiger partial charge in [-0.2, -0.15) is 0 Å². The van der Waals surface area contributed by atoms with E-state index in [4.69, 9.17) is 0 Å². The van der Waals surface area contributed by atoms with Crippen LogP contribution in [0.1, 0.15) is 32.3 Å².